The van der Waals surface area contributed by atoms with E-state index < -0.39 is 10.0 Å². The third-order valence-corrected chi connectivity index (χ3v) is 7.77. The molecule has 2 aromatic heterocycles. The molecule has 2 saturated heterocycles. The number of ether oxygens (including phenoxy) is 1. The standard InChI is InChI=1S/C22H32N6O3S/c1-3-17-14-23-22(24-15-17)27-10-6-18(7-11-27)16-31-21-5-4-20(25-26-21)19-8-12-28(13-9-19)32(2,29)30/h4-5,14-15,18-19H,3,6-13,16H2,1-2H3. The van der Waals surface area contributed by atoms with E-state index in [2.05, 4.69) is 32.0 Å². The topological polar surface area (TPSA) is 101 Å². The van der Waals surface area contributed by atoms with Crippen molar-refractivity contribution in [2.75, 3.05) is 43.9 Å². The second-order valence-corrected chi connectivity index (χ2v) is 10.7. The van der Waals surface area contributed by atoms with Gasteiger partial charge in [0.2, 0.25) is 21.9 Å². The Morgan fingerprint density at radius 1 is 1.00 bits per heavy atom. The molecule has 0 atom stereocenters. The quantitative estimate of drug-likeness (QED) is 0.620. The monoisotopic (exact) mass is 460 g/mol. The molecule has 0 unspecified atom stereocenters. The van der Waals surface area contributed by atoms with Crippen LogP contribution in [0.4, 0.5) is 5.95 Å². The molecule has 0 aliphatic carbocycles. The molecule has 10 heteroatoms. The lowest BCUT2D eigenvalue weighted by atomic mass is 9.94. The Bertz CT molecular complexity index is 968. The maximum Gasteiger partial charge on any atom is 0.233 e. The molecule has 0 aromatic carbocycles. The van der Waals surface area contributed by atoms with E-state index in [1.807, 2.05) is 24.5 Å². The van der Waals surface area contributed by atoms with Gasteiger partial charge >= 0.3 is 0 Å². The van der Waals surface area contributed by atoms with E-state index >= 15 is 0 Å². The van der Waals surface area contributed by atoms with Gasteiger partial charge in [0.1, 0.15) is 0 Å². The highest BCUT2D eigenvalue weighted by molar-refractivity contribution is 7.88. The van der Waals surface area contributed by atoms with Crippen LogP contribution in [0.2, 0.25) is 0 Å². The van der Waals surface area contributed by atoms with Crippen LogP contribution in [0.1, 0.15) is 49.8 Å². The smallest absolute Gasteiger partial charge is 0.233 e. The van der Waals surface area contributed by atoms with E-state index in [1.165, 1.54) is 10.6 Å². The number of piperidine rings is 2. The molecule has 0 bridgehead atoms. The molecule has 2 aliphatic heterocycles. The number of sulfonamides is 1. The molecule has 174 valence electrons. The second-order valence-electron chi connectivity index (χ2n) is 8.72. The number of anilines is 1. The molecule has 2 fully saturated rings. The minimum absolute atomic E-state index is 0.243. The lowest BCUT2D eigenvalue weighted by Crippen LogP contribution is -2.37. The van der Waals surface area contributed by atoms with Crippen LogP contribution in [0, 0.1) is 5.92 Å². The van der Waals surface area contributed by atoms with Crippen LogP contribution < -0.4 is 9.64 Å². The molecule has 2 aliphatic rings. The van der Waals surface area contributed by atoms with Gasteiger partial charge in [-0.05, 0) is 49.7 Å². The molecule has 0 amide bonds. The Kier molecular flexibility index (Phi) is 7.20. The van der Waals surface area contributed by atoms with E-state index in [-0.39, 0.29) is 5.92 Å². The summed E-state index contributed by atoms with van der Waals surface area (Å²) in [5.74, 6) is 2.07. The van der Waals surface area contributed by atoms with E-state index in [1.54, 1.807) is 0 Å². The van der Waals surface area contributed by atoms with Crippen molar-refractivity contribution in [2.45, 2.75) is 44.9 Å². The SMILES string of the molecule is CCc1cnc(N2CCC(COc3ccc(C4CCN(S(C)(=O)=O)CC4)nn3)CC2)nc1. The van der Waals surface area contributed by atoms with Gasteiger partial charge in [0.25, 0.3) is 0 Å². The second kappa shape index (κ2) is 10.1. The molecule has 0 spiro atoms. The number of aromatic nitrogens is 4. The van der Waals surface area contributed by atoms with Gasteiger partial charge in [-0.3, -0.25) is 0 Å². The Balaban J connectivity index is 1.21. The van der Waals surface area contributed by atoms with E-state index in [0.29, 0.717) is 31.5 Å². The maximum atomic E-state index is 11.7. The number of nitrogens with zero attached hydrogens (tertiary/aromatic N) is 6. The van der Waals surface area contributed by atoms with Gasteiger partial charge in [0, 0.05) is 50.6 Å². The lowest BCUT2D eigenvalue weighted by molar-refractivity contribution is 0.213. The number of aryl methyl sites for hydroxylation is 1. The van der Waals surface area contributed by atoms with Crippen LogP contribution >= 0.6 is 0 Å². The van der Waals surface area contributed by atoms with Gasteiger partial charge in [-0.1, -0.05) is 6.92 Å². The van der Waals surface area contributed by atoms with Crippen molar-refractivity contribution in [3.05, 3.63) is 35.8 Å². The summed E-state index contributed by atoms with van der Waals surface area (Å²) in [5, 5.41) is 8.60. The first-order valence-electron chi connectivity index (χ1n) is 11.4. The summed E-state index contributed by atoms with van der Waals surface area (Å²) < 4.78 is 30.8. The molecule has 0 N–H and O–H groups in total. The van der Waals surface area contributed by atoms with Crippen molar-refractivity contribution in [1.29, 1.82) is 0 Å². The number of hydrogen-bond donors (Lipinski definition) is 0. The summed E-state index contributed by atoms with van der Waals surface area (Å²) in [7, 11) is -3.11. The fraction of sp³-hybridized carbons (Fsp3) is 0.636. The molecule has 9 nitrogen and oxygen atoms in total. The van der Waals surface area contributed by atoms with Crippen molar-refractivity contribution in [3.63, 3.8) is 0 Å². The van der Waals surface area contributed by atoms with Crippen molar-refractivity contribution in [2.24, 2.45) is 5.92 Å². The van der Waals surface area contributed by atoms with Crippen molar-refractivity contribution < 1.29 is 13.2 Å². The molecule has 0 radical (unpaired) electrons. The van der Waals surface area contributed by atoms with Crippen LogP contribution in [0.15, 0.2) is 24.5 Å². The molecular formula is C22H32N6O3S. The van der Waals surface area contributed by atoms with Crippen LogP contribution in [-0.4, -0.2) is 71.9 Å². The van der Waals surface area contributed by atoms with Crippen molar-refractivity contribution in [1.82, 2.24) is 24.5 Å². The lowest BCUT2D eigenvalue weighted by Gasteiger charge is -2.31. The van der Waals surface area contributed by atoms with E-state index in [9.17, 15) is 8.42 Å². The summed E-state index contributed by atoms with van der Waals surface area (Å²) >= 11 is 0. The minimum Gasteiger partial charge on any atom is -0.476 e. The van der Waals surface area contributed by atoms with E-state index in [0.717, 1.165) is 62.4 Å². The van der Waals surface area contributed by atoms with Gasteiger partial charge in [-0.25, -0.2) is 22.7 Å². The Morgan fingerprint density at radius 3 is 2.25 bits per heavy atom. The average Bonchev–Trinajstić information content (AvgIpc) is 2.83. The fourth-order valence-electron chi connectivity index (χ4n) is 4.30. The summed E-state index contributed by atoms with van der Waals surface area (Å²) in [5.41, 5.74) is 2.07. The molecular weight excluding hydrogens is 428 g/mol. The third-order valence-electron chi connectivity index (χ3n) is 6.47. The summed E-state index contributed by atoms with van der Waals surface area (Å²) in [4.78, 5) is 11.2. The number of rotatable bonds is 7. The molecule has 4 rings (SSSR count). The molecule has 2 aromatic rings. The van der Waals surface area contributed by atoms with Gasteiger partial charge in [0.15, 0.2) is 0 Å². The van der Waals surface area contributed by atoms with Gasteiger partial charge in [0.05, 0.1) is 18.6 Å². The summed E-state index contributed by atoms with van der Waals surface area (Å²) in [6, 6.07) is 3.84. The first kappa shape index (κ1) is 22.8. The fourth-order valence-corrected chi connectivity index (χ4v) is 5.18. The largest absolute Gasteiger partial charge is 0.476 e. The van der Waals surface area contributed by atoms with Crippen LogP contribution in [0.3, 0.4) is 0 Å². The van der Waals surface area contributed by atoms with Crippen LogP contribution in [-0.2, 0) is 16.4 Å². The van der Waals surface area contributed by atoms with Gasteiger partial charge < -0.3 is 9.64 Å². The van der Waals surface area contributed by atoms with Gasteiger partial charge in [-0.2, -0.15) is 5.10 Å². The van der Waals surface area contributed by atoms with Crippen molar-refractivity contribution in [3.8, 4) is 5.88 Å². The average molecular weight is 461 g/mol. The summed E-state index contributed by atoms with van der Waals surface area (Å²) in [6.45, 7) is 5.66. The zero-order valence-corrected chi connectivity index (χ0v) is 19.7. The number of hydrogen-bond acceptors (Lipinski definition) is 8. The highest BCUT2D eigenvalue weighted by Gasteiger charge is 2.27. The predicted octanol–water partition coefficient (Wildman–Crippen LogP) is 2.26. The highest BCUT2D eigenvalue weighted by atomic mass is 32.2. The summed E-state index contributed by atoms with van der Waals surface area (Å²) in [6.07, 6.45) is 9.64. The highest BCUT2D eigenvalue weighted by Crippen LogP contribution is 2.28. The van der Waals surface area contributed by atoms with Gasteiger partial charge in [-0.15, -0.1) is 5.10 Å². The first-order chi connectivity index (χ1) is 15.4. The molecule has 32 heavy (non-hydrogen) atoms. The Labute approximate surface area is 190 Å². The van der Waals surface area contributed by atoms with Crippen LogP contribution in [0.25, 0.3) is 0 Å². The Morgan fingerprint density at radius 2 is 1.69 bits per heavy atom. The Hall–Kier alpha value is -2.33. The zero-order valence-electron chi connectivity index (χ0n) is 18.9. The van der Waals surface area contributed by atoms with Crippen LogP contribution in [0.5, 0.6) is 5.88 Å². The first-order valence-corrected chi connectivity index (χ1v) is 13.2. The van der Waals surface area contributed by atoms with E-state index in [4.69, 9.17) is 4.74 Å². The maximum absolute atomic E-state index is 11.7. The molecule has 0 saturated carbocycles. The molecule has 4 heterocycles. The normalized spacial score (nSPS) is 19.2. The predicted molar refractivity (Wildman–Crippen MR) is 122 cm³/mol. The zero-order chi connectivity index (χ0) is 22.6. The van der Waals surface area contributed by atoms with Crippen molar-refractivity contribution >= 4 is 16.0 Å². The minimum atomic E-state index is -3.11. The third kappa shape index (κ3) is 5.72.